The molecule has 0 saturated heterocycles. The summed E-state index contributed by atoms with van der Waals surface area (Å²) in [5.74, 6) is -2.47. The number of halogens is 1. The molecule has 0 fully saturated rings. The monoisotopic (exact) mass is 247 g/mol. The van der Waals surface area contributed by atoms with Gasteiger partial charge in [-0.2, -0.15) is 0 Å². The lowest BCUT2D eigenvalue weighted by molar-refractivity contribution is 0.0691. The molecule has 1 rings (SSSR count). The normalized spacial score (nSPS) is 11.8. The predicted molar refractivity (Wildman–Crippen MR) is 54.2 cm³/mol. The maximum absolute atomic E-state index is 13.0. The molecule has 0 spiro atoms. The zero-order valence-electron chi connectivity index (χ0n) is 8.64. The van der Waals surface area contributed by atoms with Crippen molar-refractivity contribution in [1.29, 1.82) is 0 Å². The molecule has 0 aliphatic carbocycles. The van der Waals surface area contributed by atoms with Crippen LogP contribution in [0.3, 0.4) is 0 Å². The predicted octanol–water partition coefficient (Wildman–Crippen LogP) is 0.774. The van der Waals surface area contributed by atoms with Crippen molar-refractivity contribution in [3.63, 3.8) is 0 Å². The summed E-state index contributed by atoms with van der Waals surface area (Å²) in [6, 6.07) is 2.64. The molecule has 0 heterocycles. The van der Waals surface area contributed by atoms with Crippen LogP contribution in [0, 0.1) is 5.82 Å². The van der Waals surface area contributed by atoms with E-state index in [1.807, 2.05) is 0 Å². The van der Waals surface area contributed by atoms with Crippen LogP contribution in [0.15, 0.2) is 23.1 Å². The van der Waals surface area contributed by atoms with Crippen LogP contribution in [-0.2, 0) is 10.0 Å². The van der Waals surface area contributed by atoms with Gasteiger partial charge in [0.15, 0.2) is 0 Å². The van der Waals surface area contributed by atoms with E-state index >= 15 is 0 Å². The number of hydrogen-bond donors (Lipinski definition) is 1. The zero-order valence-corrected chi connectivity index (χ0v) is 9.45. The van der Waals surface area contributed by atoms with Gasteiger partial charge in [0.1, 0.15) is 5.82 Å². The molecule has 0 aliphatic rings. The topological polar surface area (TPSA) is 74.7 Å². The van der Waals surface area contributed by atoms with Gasteiger partial charge in [0, 0.05) is 14.1 Å². The lowest BCUT2D eigenvalue weighted by atomic mass is 10.2. The highest BCUT2D eigenvalue weighted by Gasteiger charge is 2.20. The smallest absolute Gasteiger partial charge is 0.338 e. The van der Waals surface area contributed by atoms with Gasteiger partial charge in [0.25, 0.3) is 0 Å². The van der Waals surface area contributed by atoms with Gasteiger partial charge >= 0.3 is 5.97 Å². The van der Waals surface area contributed by atoms with E-state index < -0.39 is 27.4 Å². The average Bonchev–Trinajstić information content (AvgIpc) is 2.17. The Bertz CT molecular complexity index is 524. The molecule has 5 nitrogen and oxygen atoms in total. The van der Waals surface area contributed by atoms with Crippen molar-refractivity contribution in [1.82, 2.24) is 4.31 Å². The van der Waals surface area contributed by atoms with Gasteiger partial charge in [-0.25, -0.2) is 21.9 Å². The molecule has 0 amide bonds. The number of sulfonamides is 1. The van der Waals surface area contributed by atoms with Crippen LogP contribution in [-0.4, -0.2) is 37.9 Å². The van der Waals surface area contributed by atoms with E-state index in [2.05, 4.69) is 0 Å². The molecule has 0 atom stereocenters. The maximum Gasteiger partial charge on any atom is 0.338 e. The fourth-order valence-electron chi connectivity index (χ4n) is 1.04. The molecule has 0 bridgehead atoms. The van der Waals surface area contributed by atoms with Crippen LogP contribution in [0.4, 0.5) is 4.39 Å². The van der Waals surface area contributed by atoms with Crippen LogP contribution in [0.25, 0.3) is 0 Å². The van der Waals surface area contributed by atoms with E-state index in [1.165, 1.54) is 14.1 Å². The van der Waals surface area contributed by atoms with Crippen molar-refractivity contribution in [3.05, 3.63) is 29.6 Å². The molecular formula is C9H10FNO4S. The van der Waals surface area contributed by atoms with Crippen LogP contribution in [0.2, 0.25) is 0 Å². The minimum atomic E-state index is -3.75. The van der Waals surface area contributed by atoms with Crippen molar-refractivity contribution in [2.75, 3.05) is 14.1 Å². The van der Waals surface area contributed by atoms with Gasteiger partial charge in [0.05, 0.1) is 10.5 Å². The van der Waals surface area contributed by atoms with Crippen molar-refractivity contribution < 1.29 is 22.7 Å². The molecule has 16 heavy (non-hydrogen) atoms. The Morgan fingerprint density at radius 3 is 2.38 bits per heavy atom. The number of carboxylic acids is 1. The van der Waals surface area contributed by atoms with Gasteiger partial charge in [0.2, 0.25) is 10.0 Å². The van der Waals surface area contributed by atoms with E-state index in [4.69, 9.17) is 5.11 Å². The number of hydrogen-bond acceptors (Lipinski definition) is 3. The number of carboxylic acid groups (broad SMARTS) is 1. The molecule has 1 N–H and O–H groups in total. The number of rotatable bonds is 3. The van der Waals surface area contributed by atoms with Crippen molar-refractivity contribution in [2.24, 2.45) is 0 Å². The van der Waals surface area contributed by atoms with E-state index in [-0.39, 0.29) is 4.90 Å². The number of benzene rings is 1. The van der Waals surface area contributed by atoms with Gasteiger partial charge in [-0.05, 0) is 18.2 Å². The highest BCUT2D eigenvalue weighted by molar-refractivity contribution is 7.89. The average molecular weight is 247 g/mol. The first-order chi connectivity index (χ1) is 7.26. The van der Waals surface area contributed by atoms with Gasteiger partial charge in [-0.3, -0.25) is 0 Å². The summed E-state index contributed by atoms with van der Waals surface area (Å²) in [6.45, 7) is 0. The quantitative estimate of drug-likeness (QED) is 0.856. The Morgan fingerprint density at radius 2 is 1.94 bits per heavy atom. The molecule has 0 aliphatic heterocycles. The molecule has 0 unspecified atom stereocenters. The van der Waals surface area contributed by atoms with Gasteiger partial charge in [-0.1, -0.05) is 0 Å². The lowest BCUT2D eigenvalue weighted by Crippen LogP contribution is -2.22. The Kier molecular flexibility index (Phi) is 3.30. The standard InChI is InChI=1S/C9H10FNO4S/c1-11(2)16(14,15)6-3-4-8(10)7(5-6)9(12)13/h3-5H,1-2H3,(H,12,13). The third-order valence-electron chi connectivity index (χ3n) is 1.95. The first-order valence-electron chi connectivity index (χ1n) is 4.22. The largest absolute Gasteiger partial charge is 0.478 e. The number of carbonyl (C=O) groups is 1. The molecule has 0 radical (unpaired) electrons. The molecular weight excluding hydrogens is 237 g/mol. The molecule has 0 aromatic heterocycles. The molecule has 0 saturated carbocycles. The first-order valence-corrected chi connectivity index (χ1v) is 5.66. The second-order valence-corrected chi connectivity index (χ2v) is 5.39. The highest BCUT2D eigenvalue weighted by Crippen LogP contribution is 2.17. The third kappa shape index (κ3) is 2.20. The van der Waals surface area contributed by atoms with Crippen LogP contribution in [0.5, 0.6) is 0 Å². The first kappa shape index (κ1) is 12.6. The second kappa shape index (κ2) is 4.18. The summed E-state index contributed by atoms with van der Waals surface area (Å²) in [5, 5.41) is 8.65. The van der Waals surface area contributed by atoms with E-state index in [0.29, 0.717) is 0 Å². The minimum Gasteiger partial charge on any atom is -0.478 e. The molecule has 1 aromatic rings. The van der Waals surface area contributed by atoms with E-state index in [9.17, 15) is 17.6 Å². The Morgan fingerprint density at radius 1 is 1.38 bits per heavy atom. The SMILES string of the molecule is CN(C)S(=O)(=O)c1ccc(F)c(C(=O)O)c1. The second-order valence-electron chi connectivity index (χ2n) is 3.23. The van der Waals surface area contributed by atoms with Gasteiger partial charge < -0.3 is 5.11 Å². The Balaban J connectivity index is 3.40. The minimum absolute atomic E-state index is 0.253. The number of aromatic carboxylic acids is 1. The lowest BCUT2D eigenvalue weighted by Gasteiger charge is -2.11. The summed E-state index contributed by atoms with van der Waals surface area (Å²) in [5.41, 5.74) is -0.664. The van der Waals surface area contributed by atoms with Crippen LogP contribution >= 0.6 is 0 Å². The summed E-state index contributed by atoms with van der Waals surface area (Å²) in [6.07, 6.45) is 0. The zero-order chi connectivity index (χ0) is 12.5. The van der Waals surface area contributed by atoms with Gasteiger partial charge in [-0.15, -0.1) is 0 Å². The molecule has 1 aromatic carbocycles. The summed E-state index contributed by atoms with van der Waals surface area (Å²) >= 11 is 0. The Labute approximate surface area is 92.2 Å². The Hall–Kier alpha value is -1.47. The van der Waals surface area contributed by atoms with Crippen molar-refractivity contribution in [2.45, 2.75) is 4.90 Å². The fraction of sp³-hybridized carbons (Fsp3) is 0.222. The highest BCUT2D eigenvalue weighted by atomic mass is 32.2. The van der Waals surface area contributed by atoms with E-state index in [1.54, 1.807) is 0 Å². The third-order valence-corrected chi connectivity index (χ3v) is 3.76. The number of nitrogens with zero attached hydrogens (tertiary/aromatic N) is 1. The fourth-order valence-corrected chi connectivity index (χ4v) is 1.97. The molecule has 7 heteroatoms. The summed E-state index contributed by atoms with van der Waals surface area (Å²) < 4.78 is 37.2. The van der Waals surface area contributed by atoms with E-state index in [0.717, 1.165) is 22.5 Å². The summed E-state index contributed by atoms with van der Waals surface area (Å²) in [7, 11) is -1.14. The van der Waals surface area contributed by atoms with Crippen LogP contribution < -0.4 is 0 Å². The summed E-state index contributed by atoms with van der Waals surface area (Å²) in [4.78, 5) is 10.4. The van der Waals surface area contributed by atoms with Crippen LogP contribution in [0.1, 0.15) is 10.4 Å². The van der Waals surface area contributed by atoms with Crippen molar-refractivity contribution >= 4 is 16.0 Å². The molecule has 88 valence electrons. The van der Waals surface area contributed by atoms with Crippen molar-refractivity contribution in [3.8, 4) is 0 Å². The maximum atomic E-state index is 13.0.